The molecule has 0 amide bonds. The Bertz CT molecular complexity index is 768. The van der Waals surface area contributed by atoms with Gasteiger partial charge >= 0.3 is 5.97 Å². The molecule has 0 radical (unpaired) electrons. The van der Waals surface area contributed by atoms with E-state index in [2.05, 4.69) is 26.2 Å². The number of nitrogens with zero attached hydrogens (tertiary/aromatic N) is 2. The molecular formula is C14H14BrN3O3. The number of pyridine rings is 1. The molecule has 0 unspecified atom stereocenters. The van der Waals surface area contributed by atoms with Crippen molar-refractivity contribution in [2.24, 2.45) is 0 Å². The van der Waals surface area contributed by atoms with Gasteiger partial charge < -0.3 is 5.11 Å². The van der Waals surface area contributed by atoms with Gasteiger partial charge in [0.1, 0.15) is 11.2 Å². The van der Waals surface area contributed by atoms with E-state index < -0.39 is 11.5 Å². The standard InChI is InChI=1S/C14H14BrN3O3/c15-9-2-3-11-17-10(6-12(19)18(11)8-9)7-16-14(13(20)21)4-1-5-14/h2-3,6,8,16H,1,4-5,7H2,(H,20,21). The third-order valence-electron chi connectivity index (χ3n) is 3.90. The lowest BCUT2D eigenvalue weighted by Crippen LogP contribution is -2.56. The number of aromatic nitrogens is 2. The predicted octanol–water partition coefficient (Wildman–Crippen LogP) is 1.55. The molecule has 0 aliphatic heterocycles. The molecule has 0 aromatic carbocycles. The number of hydrogen-bond donors (Lipinski definition) is 2. The largest absolute Gasteiger partial charge is 0.480 e. The SMILES string of the molecule is O=C(O)C1(NCc2cc(=O)n3cc(Br)ccc3n2)CCC1. The van der Waals surface area contributed by atoms with Crippen molar-refractivity contribution < 1.29 is 9.90 Å². The topological polar surface area (TPSA) is 83.7 Å². The second-order valence-electron chi connectivity index (χ2n) is 5.26. The molecule has 6 nitrogen and oxygen atoms in total. The Morgan fingerprint density at radius 1 is 1.48 bits per heavy atom. The van der Waals surface area contributed by atoms with Crippen LogP contribution in [-0.2, 0) is 11.3 Å². The van der Waals surface area contributed by atoms with Gasteiger partial charge in [-0.25, -0.2) is 4.98 Å². The monoisotopic (exact) mass is 351 g/mol. The molecule has 7 heteroatoms. The fourth-order valence-electron chi connectivity index (χ4n) is 2.47. The van der Waals surface area contributed by atoms with E-state index in [4.69, 9.17) is 0 Å². The van der Waals surface area contributed by atoms with Crippen LogP contribution in [0.4, 0.5) is 0 Å². The number of carboxylic acids is 1. The first kappa shape index (κ1) is 14.2. The van der Waals surface area contributed by atoms with Crippen LogP contribution in [-0.4, -0.2) is 26.0 Å². The van der Waals surface area contributed by atoms with Crippen LogP contribution in [0.1, 0.15) is 25.0 Å². The van der Waals surface area contributed by atoms with E-state index in [1.54, 1.807) is 12.3 Å². The maximum Gasteiger partial charge on any atom is 0.323 e. The minimum atomic E-state index is -0.855. The minimum absolute atomic E-state index is 0.184. The second-order valence-corrected chi connectivity index (χ2v) is 6.17. The van der Waals surface area contributed by atoms with Crippen molar-refractivity contribution in [1.29, 1.82) is 0 Å². The van der Waals surface area contributed by atoms with Crippen LogP contribution >= 0.6 is 15.9 Å². The molecule has 0 saturated heterocycles. The lowest BCUT2D eigenvalue weighted by molar-refractivity contribution is -0.148. The summed E-state index contributed by atoms with van der Waals surface area (Å²) in [4.78, 5) is 27.7. The first-order valence-corrected chi connectivity index (χ1v) is 7.46. The molecule has 0 atom stereocenters. The molecule has 1 aliphatic carbocycles. The van der Waals surface area contributed by atoms with Gasteiger partial charge in [-0.05, 0) is 47.3 Å². The third kappa shape index (κ3) is 2.58. The van der Waals surface area contributed by atoms with Crippen molar-refractivity contribution >= 4 is 27.5 Å². The average Bonchev–Trinajstić information content (AvgIpc) is 2.38. The lowest BCUT2D eigenvalue weighted by atomic mass is 9.77. The third-order valence-corrected chi connectivity index (χ3v) is 4.37. The zero-order chi connectivity index (χ0) is 15.0. The summed E-state index contributed by atoms with van der Waals surface area (Å²) >= 11 is 3.31. The van der Waals surface area contributed by atoms with Gasteiger partial charge in [-0.1, -0.05) is 0 Å². The summed E-state index contributed by atoms with van der Waals surface area (Å²) in [5, 5.41) is 12.3. The van der Waals surface area contributed by atoms with E-state index in [0.29, 0.717) is 24.2 Å². The van der Waals surface area contributed by atoms with Crippen molar-refractivity contribution in [3.63, 3.8) is 0 Å². The Balaban J connectivity index is 1.87. The smallest absolute Gasteiger partial charge is 0.323 e. The highest BCUT2D eigenvalue weighted by molar-refractivity contribution is 9.10. The number of rotatable bonds is 4. The molecule has 3 rings (SSSR count). The summed E-state index contributed by atoms with van der Waals surface area (Å²) in [6.45, 7) is 0.272. The molecular weight excluding hydrogens is 338 g/mol. The van der Waals surface area contributed by atoms with Crippen LogP contribution in [0.3, 0.4) is 0 Å². The van der Waals surface area contributed by atoms with Gasteiger partial charge in [0.05, 0.1) is 5.69 Å². The van der Waals surface area contributed by atoms with E-state index >= 15 is 0 Å². The molecule has 1 fully saturated rings. The molecule has 2 heterocycles. The average molecular weight is 352 g/mol. The van der Waals surface area contributed by atoms with Crippen LogP contribution < -0.4 is 10.9 Å². The highest BCUT2D eigenvalue weighted by atomic mass is 79.9. The Kier molecular flexibility index (Phi) is 3.54. The number of nitrogens with one attached hydrogen (secondary N) is 1. The second kappa shape index (κ2) is 5.23. The fourth-order valence-corrected chi connectivity index (χ4v) is 2.81. The van der Waals surface area contributed by atoms with E-state index in [0.717, 1.165) is 10.9 Å². The number of aliphatic carboxylic acids is 1. The van der Waals surface area contributed by atoms with E-state index in [1.807, 2.05) is 6.07 Å². The first-order valence-electron chi connectivity index (χ1n) is 6.66. The zero-order valence-corrected chi connectivity index (χ0v) is 12.8. The summed E-state index contributed by atoms with van der Waals surface area (Å²) in [5.74, 6) is -0.838. The molecule has 21 heavy (non-hydrogen) atoms. The van der Waals surface area contributed by atoms with Crippen molar-refractivity contribution in [3.8, 4) is 0 Å². The van der Waals surface area contributed by atoms with Crippen molar-refractivity contribution in [1.82, 2.24) is 14.7 Å². The summed E-state index contributed by atoms with van der Waals surface area (Å²) in [7, 11) is 0. The molecule has 2 aromatic heterocycles. The molecule has 1 aliphatic rings. The highest BCUT2D eigenvalue weighted by Gasteiger charge is 2.43. The molecule has 1 saturated carbocycles. The summed E-state index contributed by atoms with van der Waals surface area (Å²) in [5.41, 5.74) is 0.0541. The summed E-state index contributed by atoms with van der Waals surface area (Å²) in [6, 6.07) is 4.98. The Hall–Kier alpha value is -1.73. The first-order chi connectivity index (χ1) is 10.00. The fraction of sp³-hybridized carbons (Fsp3) is 0.357. The van der Waals surface area contributed by atoms with Crippen LogP contribution in [0, 0.1) is 0 Å². The Morgan fingerprint density at radius 2 is 2.24 bits per heavy atom. The quantitative estimate of drug-likeness (QED) is 0.873. The lowest BCUT2D eigenvalue weighted by Gasteiger charge is -2.38. The molecule has 2 N–H and O–H groups in total. The van der Waals surface area contributed by atoms with E-state index in [1.165, 1.54) is 10.5 Å². The number of hydrogen-bond acceptors (Lipinski definition) is 4. The van der Waals surface area contributed by atoms with Crippen LogP contribution in [0.15, 0.2) is 33.7 Å². The Labute approximate surface area is 128 Å². The van der Waals surface area contributed by atoms with Gasteiger partial charge in [0.25, 0.3) is 5.56 Å². The molecule has 0 bridgehead atoms. The van der Waals surface area contributed by atoms with E-state index in [-0.39, 0.29) is 12.1 Å². The number of fused-ring (bicyclic) bond motifs is 1. The van der Waals surface area contributed by atoms with Gasteiger partial charge in [0, 0.05) is 23.3 Å². The van der Waals surface area contributed by atoms with Crippen LogP contribution in [0.25, 0.3) is 5.65 Å². The number of carbonyl (C=O) groups is 1. The summed E-state index contributed by atoms with van der Waals surface area (Å²) < 4.78 is 2.24. The molecule has 2 aromatic rings. The van der Waals surface area contributed by atoms with Crippen LogP contribution in [0.2, 0.25) is 0 Å². The normalized spacial score (nSPS) is 16.6. The van der Waals surface area contributed by atoms with Gasteiger partial charge in [-0.2, -0.15) is 0 Å². The summed E-state index contributed by atoms with van der Waals surface area (Å²) in [6.07, 6.45) is 3.79. The maximum atomic E-state index is 12.1. The van der Waals surface area contributed by atoms with Gasteiger partial charge in [-0.3, -0.25) is 19.3 Å². The molecule has 110 valence electrons. The van der Waals surface area contributed by atoms with Crippen molar-refractivity contribution in [2.45, 2.75) is 31.3 Å². The molecule has 0 spiro atoms. The van der Waals surface area contributed by atoms with Crippen molar-refractivity contribution in [3.05, 3.63) is 44.9 Å². The zero-order valence-electron chi connectivity index (χ0n) is 11.2. The Morgan fingerprint density at radius 3 is 2.86 bits per heavy atom. The predicted molar refractivity (Wildman–Crippen MR) is 80.2 cm³/mol. The number of carboxylic acid groups (broad SMARTS) is 1. The van der Waals surface area contributed by atoms with Gasteiger partial charge in [0.15, 0.2) is 0 Å². The number of halogens is 1. The van der Waals surface area contributed by atoms with Gasteiger partial charge in [0.2, 0.25) is 0 Å². The van der Waals surface area contributed by atoms with Gasteiger partial charge in [-0.15, -0.1) is 0 Å². The van der Waals surface area contributed by atoms with Crippen molar-refractivity contribution in [2.75, 3.05) is 0 Å². The van der Waals surface area contributed by atoms with Crippen LogP contribution in [0.5, 0.6) is 0 Å². The highest BCUT2D eigenvalue weighted by Crippen LogP contribution is 2.32. The van der Waals surface area contributed by atoms with E-state index in [9.17, 15) is 14.7 Å². The maximum absolute atomic E-state index is 12.1. The minimum Gasteiger partial charge on any atom is -0.480 e.